The fourth-order valence-electron chi connectivity index (χ4n) is 2.78. The Balaban J connectivity index is 0.000000528. The average Bonchev–Trinajstić information content (AvgIpc) is 2.71. The lowest BCUT2D eigenvalue weighted by atomic mass is 10.2. The van der Waals surface area contributed by atoms with Crippen LogP contribution in [-0.4, -0.2) is 39.8 Å². The van der Waals surface area contributed by atoms with E-state index in [-0.39, 0.29) is 0 Å². The number of unbranched alkanes of at least 4 members (excludes halogenated alkanes) is 3. The average molecular weight is 394 g/mol. The number of carboxylic acid groups (broad SMARTS) is 1. The molecule has 1 aromatic carbocycles. The molecule has 0 spiro atoms. The molecule has 0 saturated carbocycles. The number of quaternary nitrogens is 1. The van der Waals surface area contributed by atoms with Gasteiger partial charge in [0.15, 0.2) is 11.5 Å². The van der Waals surface area contributed by atoms with Gasteiger partial charge in [-0.3, -0.25) is 0 Å². The summed E-state index contributed by atoms with van der Waals surface area (Å²) in [5, 5.41) is 10.2. The van der Waals surface area contributed by atoms with Gasteiger partial charge in [0, 0.05) is 0 Å². The lowest BCUT2D eigenvalue weighted by Crippen LogP contribution is -3.12. The number of hydrogen-bond acceptors (Lipinski definition) is 4. The summed E-state index contributed by atoms with van der Waals surface area (Å²) in [5.41, 5.74) is 0.705. The van der Waals surface area contributed by atoms with E-state index in [0.29, 0.717) is 17.1 Å². The van der Waals surface area contributed by atoms with E-state index in [4.69, 9.17) is 9.47 Å². The first-order valence-corrected chi connectivity index (χ1v) is 10.5. The van der Waals surface area contributed by atoms with Gasteiger partial charge in [-0.1, -0.05) is 52.2 Å². The molecule has 1 aromatic rings. The molecule has 0 atom stereocenters. The number of benzene rings is 1. The SMILES string of the molecule is CCCC[NH+](CCCC)CCCC.COc1ccc(C=CC(=O)[O-])cc1OC. The number of hydrogen-bond donors (Lipinski definition) is 1. The second kappa shape index (κ2) is 17.1. The summed E-state index contributed by atoms with van der Waals surface area (Å²) >= 11 is 0. The minimum atomic E-state index is -1.23. The molecule has 0 heterocycles. The minimum absolute atomic E-state index is 0.554. The Labute approximate surface area is 171 Å². The van der Waals surface area contributed by atoms with Gasteiger partial charge in [-0.25, -0.2) is 0 Å². The van der Waals surface area contributed by atoms with E-state index >= 15 is 0 Å². The van der Waals surface area contributed by atoms with E-state index in [9.17, 15) is 9.90 Å². The predicted octanol–water partition coefficient (Wildman–Crippen LogP) is 2.74. The predicted molar refractivity (Wildman–Crippen MR) is 114 cm³/mol. The van der Waals surface area contributed by atoms with E-state index in [2.05, 4.69) is 20.8 Å². The van der Waals surface area contributed by atoms with Crippen LogP contribution in [-0.2, 0) is 4.79 Å². The fraction of sp³-hybridized carbons (Fsp3) is 0.609. The van der Waals surface area contributed by atoms with Crippen LogP contribution in [0.15, 0.2) is 24.3 Å². The smallest absolute Gasteiger partial charge is 0.161 e. The van der Waals surface area contributed by atoms with Crippen LogP contribution in [0.3, 0.4) is 0 Å². The summed E-state index contributed by atoms with van der Waals surface area (Å²) in [4.78, 5) is 12.0. The Morgan fingerprint density at radius 2 is 1.43 bits per heavy atom. The summed E-state index contributed by atoms with van der Waals surface area (Å²) in [7, 11) is 3.05. The van der Waals surface area contributed by atoms with Gasteiger partial charge in [0.2, 0.25) is 0 Å². The normalized spacial score (nSPS) is 10.6. The van der Waals surface area contributed by atoms with Gasteiger partial charge in [0.25, 0.3) is 0 Å². The second-order valence-corrected chi connectivity index (χ2v) is 6.83. The van der Waals surface area contributed by atoms with Crippen LogP contribution in [0, 0.1) is 0 Å². The van der Waals surface area contributed by atoms with Crippen LogP contribution in [0.1, 0.15) is 64.9 Å². The molecule has 0 unspecified atom stereocenters. The first-order valence-electron chi connectivity index (χ1n) is 10.5. The van der Waals surface area contributed by atoms with Gasteiger partial charge in [-0.05, 0) is 43.0 Å². The Hall–Kier alpha value is -2.01. The molecular formula is C23H39NO4. The molecule has 0 aliphatic rings. The topological polar surface area (TPSA) is 63.0 Å². The van der Waals surface area contributed by atoms with Crippen LogP contribution in [0.5, 0.6) is 11.5 Å². The van der Waals surface area contributed by atoms with Crippen molar-refractivity contribution in [3.05, 3.63) is 29.8 Å². The zero-order valence-corrected chi connectivity index (χ0v) is 18.4. The van der Waals surface area contributed by atoms with Crippen molar-refractivity contribution in [2.45, 2.75) is 59.3 Å². The Bertz CT molecular complexity index is 539. The van der Waals surface area contributed by atoms with Gasteiger partial charge >= 0.3 is 0 Å². The Morgan fingerprint density at radius 3 is 1.82 bits per heavy atom. The van der Waals surface area contributed by atoms with Crippen LogP contribution in [0.4, 0.5) is 0 Å². The number of methoxy groups -OCH3 is 2. The van der Waals surface area contributed by atoms with Crippen LogP contribution >= 0.6 is 0 Å². The van der Waals surface area contributed by atoms with Crippen molar-refractivity contribution >= 4 is 12.0 Å². The number of carbonyl (C=O) groups excluding carboxylic acids is 1. The number of aliphatic carboxylic acids is 1. The van der Waals surface area contributed by atoms with Crippen molar-refractivity contribution in [3.8, 4) is 11.5 Å². The molecule has 0 bridgehead atoms. The molecule has 28 heavy (non-hydrogen) atoms. The molecule has 0 amide bonds. The lowest BCUT2D eigenvalue weighted by molar-refractivity contribution is -0.900. The molecule has 5 nitrogen and oxygen atoms in total. The molecule has 1 N–H and O–H groups in total. The number of carbonyl (C=O) groups is 1. The first kappa shape index (κ1) is 26.0. The van der Waals surface area contributed by atoms with E-state index < -0.39 is 5.97 Å². The highest BCUT2D eigenvalue weighted by atomic mass is 16.5. The molecule has 5 heteroatoms. The molecule has 0 fully saturated rings. The fourth-order valence-corrected chi connectivity index (χ4v) is 2.78. The summed E-state index contributed by atoms with van der Waals surface area (Å²) in [5.74, 6) is -0.0779. The highest BCUT2D eigenvalue weighted by molar-refractivity contribution is 5.83. The van der Waals surface area contributed by atoms with Crippen molar-refractivity contribution in [2.24, 2.45) is 0 Å². The van der Waals surface area contributed by atoms with Gasteiger partial charge in [-0.15, -0.1) is 0 Å². The highest BCUT2D eigenvalue weighted by Gasteiger charge is 2.05. The molecule has 0 radical (unpaired) electrons. The van der Waals surface area contributed by atoms with E-state index in [1.54, 1.807) is 18.2 Å². The molecule has 160 valence electrons. The third-order valence-electron chi connectivity index (χ3n) is 4.47. The third-order valence-corrected chi connectivity index (χ3v) is 4.47. The van der Waals surface area contributed by atoms with Gasteiger partial charge in [0.1, 0.15) is 0 Å². The maximum Gasteiger partial charge on any atom is 0.161 e. The van der Waals surface area contributed by atoms with Gasteiger partial charge in [-0.2, -0.15) is 0 Å². The summed E-state index contributed by atoms with van der Waals surface area (Å²) < 4.78 is 10.1. The number of ether oxygens (including phenoxy) is 2. The van der Waals surface area contributed by atoms with E-state index in [0.717, 1.165) is 6.08 Å². The summed E-state index contributed by atoms with van der Waals surface area (Å²) in [6.07, 6.45) is 10.7. The first-order chi connectivity index (χ1) is 13.5. The monoisotopic (exact) mass is 393 g/mol. The lowest BCUT2D eigenvalue weighted by Gasteiger charge is -2.18. The molecular weight excluding hydrogens is 354 g/mol. The van der Waals surface area contributed by atoms with Crippen molar-refractivity contribution in [1.29, 1.82) is 0 Å². The quantitative estimate of drug-likeness (QED) is 0.524. The maximum absolute atomic E-state index is 10.2. The van der Waals surface area contributed by atoms with Crippen molar-refractivity contribution in [3.63, 3.8) is 0 Å². The Morgan fingerprint density at radius 1 is 0.929 bits per heavy atom. The van der Waals surface area contributed by atoms with Crippen LogP contribution < -0.4 is 19.5 Å². The molecule has 0 aromatic heterocycles. The largest absolute Gasteiger partial charge is 0.545 e. The second-order valence-electron chi connectivity index (χ2n) is 6.83. The van der Waals surface area contributed by atoms with Crippen LogP contribution in [0.25, 0.3) is 6.08 Å². The number of carboxylic acids is 1. The van der Waals surface area contributed by atoms with E-state index in [1.807, 2.05) is 4.90 Å². The van der Waals surface area contributed by atoms with E-state index in [1.165, 1.54) is 78.5 Å². The van der Waals surface area contributed by atoms with Crippen molar-refractivity contribution < 1.29 is 24.3 Å². The van der Waals surface area contributed by atoms with Crippen molar-refractivity contribution in [2.75, 3.05) is 33.9 Å². The number of rotatable bonds is 13. The summed E-state index contributed by atoms with van der Waals surface area (Å²) in [6.45, 7) is 11.1. The molecule has 0 saturated heterocycles. The highest BCUT2D eigenvalue weighted by Crippen LogP contribution is 2.27. The zero-order valence-electron chi connectivity index (χ0n) is 18.4. The minimum Gasteiger partial charge on any atom is -0.545 e. The van der Waals surface area contributed by atoms with Gasteiger partial charge in [0.05, 0.1) is 39.8 Å². The molecule has 0 aliphatic heterocycles. The maximum atomic E-state index is 10.2. The van der Waals surface area contributed by atoms with Gasteiger partial charge < -0.3 is 24.3 Å². The van der Waals surface area contributed by atoms with Crippen molar-refractivity contribution in [1.82, 2.24) is 0 Å². The standard InChI is InChI=1S/C12H27N.C11H12O4/c1-4-7-10-13(11-8-5-2)12-9-6-3;1-14-9-5-3-8(4-6-11(12)13)7-10(9)15-2/h4-12H2,1-3H3;3-7H,1-2H3,(H,12,13). The third kappa shape index (κ3) is 12.4. The number of nitrogens with one attached hydrogen (secondary N) is 1. The molecule has 0 aliphatic carbocycles. The van der Waals surface area contributed by atoms with Crippen LogP contribution in [0.2, 0.25) is 0 Å². The molecule has 1 rings (SSSR count). The zero-order chi connectivity index (χ0) is 21.2. The Kier molecular flexibility index (Phi) is 15.9. The summed E-state index contributed by atoms with van der Waals surface area (Å²) in [6, 6.07) is 5.10.